The normalized spacial score (nSPS) is 14.9. The van der Waals surface area contributed by atoms with E-state index in [1.165, 1.54) is 0 Å². The molecule has 0 fully saturated rings. The maximum atomic E-state index is 13.6. The highest BCUT2D eigenvalue weighted by Gasteiger charge is 2.42. The van der Waals surface area contributed by atoms with E-state index in [1.54, 1.807) is 7.11 Å². The van der Waals surface area contributed by atoms with E-state index in [4.69, 9.17) is 4.74 Å². The molecule has 1 aliphatic heterocycles. The van der Waals surface area contributed by atoms with Gasteiger partial charge in [-0.1, -0.05) is 48.0 Å². The van der Waals surface area contributed by atoms with Crippen LogP contribution in [0.5, 0.6) is 11.5 Å². The van der Waals surface area contributed by atoms with Crippen LogP contribution < -0.4 is 4.74 Å². The monoisotopic (exact) mass is 467 g/mol. The number of carbonyl (C=O) groups is 1. The second kappa shape index (κ2) is 8.95. The number of H-pyrrole nitrogens is 1. The van der Waals surface area contributed by atoms with E-state index in [9.17, 15) is 9.90 Å². The van der Waals surface area contributed by atoms with E-state index in [-0.39, 0.29) is 17.7 Å². The Balaban J connectivity index is 1.57. The number of hydrogen-bond donors (Lipinski definition) is 2. The van der Waals surface area contributed by atoms with Gasteiger partial charge in [-0.2, -0.15) is 5.10 Å². The molecule has 3 aromatic carbocycles. The summed E-state index contributed by atoms with van der Waals surface area (Å²) in [4.78, 5) is 15.5. The first kappa shape index (κ1) is 22.7. The molecule has 0 saturated heterocycles. The third-order valence-corrected chi connectivity index (χ3v) is 6.76. The summed E-state index contributed by atoms with van der Waals surface area (Å²) in [6.45, 7) is 6.47. The Morgan fingerprint density at radius 3 is 2.40 bits per heavy atom. The first-order valence-corrected chi connectivity index (χ1v) is 11.8. The molecule has 0 aliphatic carbocycles. The molecule has 0 unspecified atom stereocenters. The zero-order chi connectivity index (χ0) is 24.7. The van der Waals surface area contributed by atoms with Gasteiger partial charge in [0.2, 0.25) is 0 Å². The molecule has 1 aromatic heterocycles. The van der Waals surface area contributed by atoms with Gasteiger partial charge in [-0.25, -0.2) is 0 Å². The van der Waals surface area contributed by atoms with Crippen molar-refractivity contribution in [1.29, 1.82) is 0 Å². The number of phenolic OH excluding ortho intramolecular Hbond substituents is 1. The molecule has 2 heterocycles. The number of nitrogens with one attached hydrogen (secondary N) is 1. The van der Waals surface area contributed by atoms with Crippen LogP contribution in [0.15, 0.2) is 60.7 Å². The molecule has 1 atom stereocenters. The summed E-state index contributed by atoms with van der Waals surface area (Å²) in [7, 11) is 1.65. The first-order chi connectivity index (χ1) is 16.9. The minimum atomic E-state index is -0.301. The van der Waals surface area contributed by atoms with Crippen molar-refractivity contribution in [2.75, 3.05) is 13.7 Å². The second-order valence-corrected chi connectivity index (χ2v) is 9.25. The highest BCUT2D eigenvalue weighted by atomic mass is 16.5. The number of aromatic nitrogens is 2. The number of phenols is 1. The van der Waals surface area contributed by atoms with Gasteiger partial charge in [0, 0.05) is 17.7 Å². The Kier molecular flexibility index (Phi) is 5.81. The molecular weight excluding hydrogens is 438 g/mol. The SMILES string of the molecule is COc1ccc(CCN2C(=O)c3[nH]nc(-c4cc(C)cc(C)c4O)c3[C@H]2c2ccc(C)cc2)cc1. The Hall–Kier alpha value is -4.06. The first-order valence-electron chi connectivity index (χ1n) is 11.8. The standard InChI is InChI=1S/C29H29N3O3/c1-17-5-9-21(10-6-17)27-24-25(23-16-18(2)15-19(3)28(23)33)30-31-26(24)29(34)32(27)14-13-20-7-11-22(35-4)12-8-20/h5-12,15-16,27,33H,13-14H2,1-4H3,(H,30,31)/t27-/m1/s1. The Morgan fingerprint density at radius 2 is 1.71 bits per heavy atom. The molecule has 0 radical (unpaired) electrons. The fourth-order valence-electron chi connectivity index (χ4n) is 4.91. The summed E-state index contributed by atoms with van der Waals surface area (Å²) in [5.74, 6) is 0.917. The molecule has 6 heteroatoms. The van der Waals surface area contributed by atoms with Gasteiger partial charge < -0.3 is 14.7 Å². The Labute approximate surface area is 205 Å². The van der Waals surface area contributed by atoms with Gasteiger partial charge in [-0.3, -0.25) is 9.89 Å². The number of hydrogen-bond acceptors (Lipinski definition) is 4. The van der Waals surface area contributed by atoms with Crippen molar-refractivity contribution in [3.05, 3.63) is 99.7 Å². The number of fused-ring (bicyclic) bond motifs is 1. The predicted molar refractivity (Wildman–Crippen MR) is 136 cm³/mol. The third-order valence-electron chi connectivity index (χ3n) is 6.76. The van der Waals surface area contributed by atoms with Crippen molar-refractivity contribution in [3.63, 3.8) is 0 Å². The van der Waals surface area contributed by atoms with Crippen LogP contribution in [0.25, 0.3) is 11.3 Å². The van der Waals surface area contributed by atoms with Gasteiger partial charge in [0.25, 0.3) is 5.91 Å². The molecule has 0 spiro atoms. The lowest BCUT2D eigenvalue weighted by Gasteiger charge is -2.27. The van der Waals surface area contributed by atoms with Crippen molar-refractivity contribution < 1.29 is 14.6 Å². The lowest BCUT2D eigenvalue weighted by atomic mass is 9.93. The van der Waals surface area contributed by atoms with Gasteiger partial charge in [-0.05, 0) is 67.6 Å². The van der Waals surface area contributed by atoms with Gasteiger partial charge in [0.05, 0.1) is 13.2 Å². The number of aryl methyl sites for hydroxylation is 3. The van der Waals surface area contributed by atoms with Gasteiger partial charge in [-0.15, -0.1) is 0 Å². The number of aromatic amines is 1. The summed E-state index contributed by atoms with van der Waals surface area (Å²) in [5, 5.41) is 18.4. The van der Waals surface area contributed by atoms with Crippen LogP contribution in [0.1, 0.15) is 49.9 Å². The summed E-state index contributed by atoms with van der Waals surface area (Å²) in [5.41, 5.74) is 7.67. The lowest BCUT2D eigenvalue weighted by Crippen LogP contribution is -2.31. The van der Waals surface area contributed by atoms with Gasteiger partial charge >= 0.3 is 0 Å². The lowest BCUT2D eigenvalue weighted by molar-refractivity contribution is 0.0746. The van der Waals surface area contributed by atoms with E-state index in [0.717, 1.165) is 39.1 Å². The number of rotatable bonds is 6. The van der Waals surface area contributed by atoms with Crippen LogP contribution in [-0.2, 0) is 6.42 Å². The highest BCUT2D eigenvalue weighted by molar-refractivity contribution is 6.00. The number of aromatic hydroxyl groups is 1. The van der Waals surface area contributed by atoms with Crippen LogP contribution >= 0.6 is 0 Å². The second-order valence-electron chi connectivity index (χ2n) is 9.25. The molecule has 35 heavy (non-hydrogen) atoms. The van der Waals surface area contributed by atoms with E-state index >= 15 is 0 Å². The van der Waals surface area contributed by atoms with E-state index < -0.39 is 0 Å². The number of amides is 1. The molecule has 4 aromatic rings. The van der Waals surface area contributed by atoms with Crippen molar-refractivity contribution in [2.24, 2.45) is 0 Å². The fourth-order valence-corrected chi connectivity index (χ4v) is 4.91. The minimum Gasteiger partial charge on any atom is -0.507 e. The van der Waals surface area contributed by atoms with Gasteiger partial charge in [0.1, 0.15) is 22.9 Å². The molecule has 178 valence electrons. The quantitative estimate of drug-likeness (QED) is 0.392. The third kappa shape index (κ3) is 4.05. The maximum Gasteiger partial charge on any atom is 0.273 e. The number of ether oxygens (including phenoxy) is 1. The fraction of sp³-hybridized carbons (Fsp3) is 0.241. The number of methoxy groups -OCH3 is 1. The van der Waals surface area contributed by atoms with E-state index in [2.05, 4.69) is 34.5 Å². The number of nitrogens with zero attached hydrogens (tertiary/aromatic N) is 2. The summed E-state index contributed by atoms with van der Waals surface area (Å²) < 4.78 is 5.27. The molecule has 2 N–H and O–H groups in total. The summed E-state index contributed by atoms with van der Waals surface area (Å²) in [6, 6.07) is 19.8. The average Bonchev–Trinajstić information content (AvgIpc) is 3.40. The molecule has 1 amide bonds. The van der Waals surface area contributed by atoms with Crippen molar-refractivity contribution in [3.8, 4) is 22.8 Å². The zero-order valence-electron chi connectivity index (χ0n) is 20.4. The Bertz CT molecular complexity index is 1390. The van der Waals surface area contributed by atoms with Crippen molar-refractivity contribution in [2.45, 2.75) is 33.2 Å². The minimum absolute atomic E-state index is 0.0818. The number of benzene rings is 3. The van der Waals surface area contributed by atoms with Crippen LogP contribution in [0.2, 0.25) is 0 Å². The zero-order valence-corrected chi connectivity index (χ0v) is 20.4. The van der Waals surface area contributed by atoms with Gasteiger partial charge in [0.15, 0.2) is 0 Å². The summed E-state index contributed by atoms with van der Waals surface area (Å²) in [6.07, 6.45) is 0.708. The molecule has 6 nitrogen and oxygen atoms in total. The van der Waals surface area contributed by atoms with Crippen LogP contribution in [0.3, 0.4) is 0 Å². The van der Waals surface area contributed by atoms with Crippen molar-refractivity contribution in [1.82, 2.24) is 15.1 Å². The van der Waals surface area contributed by atoms with E-state index in [0.29, 0.717) is 29.9 Å². The average molecular weight is 468 g/mol. The number of carbonyl (C=O) groups excluding carboxylic acids is 1. The van der Waals surface area contributed by atoms with Crippen LogP contribution in [0, 0.1) is 20.8 Å². The topological polar surface area (TPSA) is 78.5 Å². The van der Waals surface area contributed by atoms with Crippen LogP contribution in [0.4, 0.5) is 0 Å². The molecule has 5 rings (SSSR count). The van der Waals surface area contributed by atoms with Crippen LogP contribution in [-0.4, -0.2) is 39.8 Å². The summed E-state index contributed by atoms with van der Waals surface area (Å²) >= 11 is 0. The molecule has 0 bridgehead atoms. The molecular formula is C29H29N3O3. The molecule has 0 saturated carbocycles. The maximum absolute atomic E-state index is 13.6. The largest absolute Gasteiger partial charge is 0.507 e. The highest BCUT2D eigenvalue weighted by Crippen LogP contribution is 2.45. The van der Waals surface area contributed by atoms with Crippen molar-refractivity contribution >= 4 is 5.91 Å². The molecule has 1 aliphatic rings. The predicted octanol–water partition coefficient (Wildman–Crippen LogP) is 5.50. The Morgan fingerprint density at radius 1 is 1.00 bits per heavy atom. The smallest absolute Gasteiger partial charge is 0.273 e. The van der Waals surface area contributed by atoms with E-state index in [1.807, 2.05) is 62.1 Å².